The number of pyridine rings is 1. The van der Waals surface area contributed by atoms with Crippen molar-refractivity contribution in [1.29, 1.82) is 0 Å². The third-order valence-corrected chi connectivity index (χ3v) is 6.01. The summed E-state index contributed by atoms with van der Waals surface area (Å²) < 4.78 is 38.0. The Kier molecular flexibility index (Phi) is 7.22. The Morgan fingerprint density at radius 3 is 2.46 bits per heavy atom. The molecule has 1 aromatic carbocycles. The van der Waals surface area contributed by atoms with Crippen molar-refractivity contribution in [2.45, 2.75) is 25.0 Å². The minimum atomic E-state index is -3.60. The topological polar surface area (TPSA) is 82.3 Å². The molecule has 0 aliphatic heterocycles. The van der Waals surface area contributed by atoms with Gasteiger partial charge in [-0.1, -0.05) is 0 Å². The SMILES string of the molecule is CCOc1ccc(C[NH+](C)Cn2cc(S(=O)(=O)N(C)C)ccc2=O)cc1OC. The van der Waals surface area contributed by atoms with Crippen LogP contribution in [0.2, 0.25) is 0 Å². The van der Waals surface area contributed by atoms with E-state index in [9.17, 15) is 13.2 Å². The molecule has 0 aliphatic carbocycles. The summed E-state index contributed by atoms with van der Waals surface area (Å²) in [6.07, 6.45) is 1.39. The predicted octanol–water partition coefficient (Wildman–Crippen LogP) is 0.178. The molecule has 1 heterocycles. The zero-order valence-electron chi connectivity index (χ0n) is 16.9. The van der Waals surface area contributed by atoms with Gasteiger partial charge in [0.1, 0.15) is 6.54 Å². The predicted molar refractivity (Wildman–Crippen MR) is 106 cm³/mol. The number of quaternary nitrogens is 1. The summed E-state index contributed by atoms with van der Waals surface area (Å²) in [5.74, 6) is 1.34. The zero-order valence-corrected chi connectivity index (χ0v) is 17.7. The van der Waals surface area contributed by atoms with Crippen LogP contribution in [0.5, 0.6) is 11.5 Å². The van der Waals surface area contributed by atoms with Crippen LogP contribution < -0.4 is 19.9 Å². The van der Waals surface area contributed by atoms with Crippen LogP contribution in [0.4, 0.5) is 0 Å². The van der Waals surface area contributed by atoms with E-state index in [1.807, 2.05) is 32.2 Å². The maximum absolute atomic E-state index is 12.3. The quantitative estimate of drug-likeness (QED) is 0.638. The lowest BCUT2D eigenvalue weighted by molar-refractivity contribution is -0.917. The standard InChI is InChI=1S/C19H27N3O5S/c1-6-27-17-9-7-15(11-18(17)26-5)12-21(4)14-22-13-16(8-10-19(22)23)28(24,25)20(2)3/h7-11,13H,6,12,14H2,1-5H3/p+1. The molecule has 0 aliphatic rings. The smallest absolute Gasteiger partial charge is 0.254 e. The van der Waals surface area contributed by atoms with Crippen LogP contribution in [0.25, 0.3) is 0 Å². The first-order chi connectivity index (χ1) is 13.2. The van der Waals surface area contributed by atoms with Gasteiger partial charge in [-0.25, -0.2) is 12.7 Å². The van der Waals surface area contributed by atoms with Gasteiger partial charge in [0.2, 0.25) is 10.0 Å². The summed E-state index contributed by atoms with van der Waals surface area (Å²) in [5, 5.41) is 0. The second-order valence-electron chi connectivity index (χ2n) is 6.67. The first kappa shape index (κ1) is 21.9. The Labute approximate surface area is 166 Å². The number of methoxy groups -OCH3 is 1. The second-order valence-corrected chi connectivity index (χ2v) is 8.82. The monoisotopic (exact) mass is 410 g/mol. The van der Waals surface area contributed by atoms with E-state index >= 15 is 0 Å². The van der Waals surface area contributed by atoms with Gasteiger partial charge in [0.05, 0.1) is 25.7 Å². The number of nitrogens with zero attached hydrogens (tertiary/aromatic N) is 2. The van der Waals surface area contributed by atoms with E-state index < -0.39 is 10.0 Å². The Morgan fingerprint density at radius 2 is 1.86 bits per heavy atom. The number of nitrogens with one attached hydrogen (secondary N) is 1. The highest BCUT2D eigenvalue weighted by Crippen LogP contribution is 2.27. The average Bonchev–Trinajstić information content (AvgIpc) is 2.64. The van der Waals surface area contributed by atoms with E-state index in [-0.39, 0.29) is 10.5 Å². The average molecular weight is 411 g/mol. The fraction of sp³-hybridized carbons (Fsp3) is 0.421. The van der Waals surface area contributed by atoms with Gasteiger partial charge >= 0.3 is 0 Å². The third kappa shape index (κ3) is 5.12. The molecule has 1 N–H and O–H groups in total. The summed E-state index contributed by atoms with van der Waals surface area (Å²) >= 11 is 0. The molecule has 9 heteroatoms. The number of ether oxygens (including phenoxy) is 2. The van der Waals surface area contributed by atoms with Crippen LogP contribution in [-0.4, -0.2) is 52.1 Å². The molecule has 0 saturated carbocycles. The Balaban J connectivity index is 2.19. The van der Waals surface area contributed by atoms with E-state index in [0.29, 0.717) is 31.3 Å². The van der Waals surface area contributed by atoms with Gasteiger partial charge in [-0.05, 0) is 31.2 Å². The highest BCUT2D eigenvalue weighted by atomic mass is 32.2. The third-order valence-electron chi connectivity index (χ3n) is 4.21. The summed E-state index contributed by atoms with van der Waals surface area (Å²) in [5.41, 5.74) is 0.768. The molecule has 2 rings (SSSR count). The number of hydrogen-bond acceptors (Lipinski definition) is 5. The van der Waals surface area contributed by atoms with Crippen LogP contribution in [-0.2, 0) is 23.2 Å². The number of sulfonamides is 1. The van der Waals surface area contributed by atoms with Crippen molar-refractivity contribution < 1.29 is 22.8 Å². The van der Waals surface area contributed by atoms with E-state index in [1.54, 1.807) is 7.11 Å². The normalized spacial score (nSPS) is 12.8. The van der Waals surface area contributed by atoms with Gasteiger partial charge in [-0.3, -0.25) is 9.36 Å². The molecule has 8 nitrogen and oxygen atoms in total. The fourth-order valence-corrected chi connectivity index (χ4v) is 3.71. The molecular formula is C19H28N3O5S+. The molecule has 1 atom stereocenters. The molecule has 2 aromatic rings. The van der Waals surface area contributed by atoms with E-state index in [2.05, 4.69) is 0 Å². The molecule has 0 spiro atoms. The lowest BCUT2D eigenvalue weighted by Crippen LogP contribution is -3.07. The molecule has 28 heavy (non-hydrogen) atoms. The molecule has 0 radical (unpaired) electrons. The van der Waals surface area contributed by atoms with Crippen molar-refractivity contribution in [3.8, 4) is 11.5 Å². The molecular weight excluding hydrogens is 382 g/mol. The van der Waals surface area contributed by atoms with Crippen molar-refractivity contribution in [2.75, 3.05) is 34.9 Å². The Bertz CT molecular complexity index is 970. The highest BCUT2D eigenvalue weighted by molar-refractivity contribution is 7.89. The molecule has 0 saturated heterocycles. The van der Waals surface area contributed by atoms with Crippen molar-refractivity contribution in [3.05, 3.63) is 52.4 Å². The lowest BCUT2D eigenvalue weighted by Gasteiger charge is -2.18. The lowest BCUT2D eigenvalue weighted by atomic mass is 10.2. The number of hydrogen-bond donors (Lipinski definition) is 1. The largest absolute Gasteiger partial charge is 0.493 e. The summed E-state index contributed by atoms with van der Waals surface area (Å²) in [6.45, 7) is 3.41. The second kappa shape index (κ2) is 9.22. The van der Waals surface area contributed by atoms with Gasteiger partial charge in [0.15, 0.2) is 18.2 Å². The van der Waals surface area contributed by atoms with Crippen LogP contribution in [0, 0.1) is 0 Å². The zero-order chi connectivity index (χ0) is 20.9. The van der Waals surface area contributed by atoms with Gasteiger partial charge in [-0.15, -0.1) is 0 Å². The van der Waals surface area contributed by atoms with E-state index in [4.69, 9.17) is 9.47 Å². The fourth-order valence-electron chi connectivity index (χ4n) is 2.79. The van der Waals surface area contributed by atoms with Crippen molar-refractivity contribution in [3.63, 3.8) is 0 Å². The maximum atomic E-state index is 12.3. The molecule has 0 bridgehead atoms. The van der Waals surface area contributed by atoms with E-state index in [1.165, 1.54) is 37.0 Å². The van der Waals surface area contributed by atoms with Gasteiger partial charge < -0.3 is 14.4 Å². The summed E-state index contributed by atoms with van der Waals surface area (Å²) in [6, 6.07) is 8.34. The molecule has 1 aromatic heterocycles. The van der Waals surface area contributed by atoms with Crippen LogP contribution in [0.3, 0.4) is 0 Å². The molecule has 154 valence electrons. The molecule has 0 fully saturated rings. The molecule has 1 unspecified atom stereocenters. The molecule has 0 amide bonds. The van der Waals surface area contributed by atoms with Crippen LogP contribution in [0.1, 0.15) is 12.5 Å². The van der Waals surface area contributed by atoms with Crippen LogP contribution in [0.15, 0.2) is 46.2 Å². The van der Waals surface area contributed by atoms with Gasteiger partial charge in [0.25, 0.3) is 5.56 Å². The first-order valence-corrected chi connectivity index (χ1v) is 10.4. The number of rotatable bonds is 9. The van der Waals surface area contributed by atoms with Gasteiger partial charge in [-0.2, -0.15) is 0 Å². The maximum Gasteiger partial charge on any atom is 0.254 e. The van der Waals surface area contributed by atoms with E-state index in [0.717, 1.165) is 14.8 Å². The minimum Gasteiger partial charge on any atom is -0.493 e. The summed E-state index contributed by atoms with van der Waals surface area (Å²) in [4.78, 5) is 13.3. The Hall–Kier alpha value is -2.36. The Morgan fingerprint density at radius 1 is 1.14 bits per heavy atom. The number of benzene rings is 1. The van der Waals surface area contributed by atoms with Crippen molar-refractivity contribution in [1.82, 2.24) is 8.87 Å². The first-order valence-electron chi connectivity index (χ1n) is 8.93. The van der Waals surface area contributed by atoms with Crippen LogP contribution >= 0.6 is 0 Å². The highest BCUT2D eigenvalue weighted by Gasteiger charge is 2.19. The van der Waals surface area contributed by atoms with Gasteiger partial charge in [0, 0.05) is 31.9 Å². The minimum absolute atomic E-state index is 0.0904. The number of aromatic nitrogens is 1. The summed E-state index contributed by atoms with van der Waals surface area (Å²) in [7, 11) is 2.85. The van der Waals surface area contributed by atoms with Crippen molar-refractivity contribution in [2.24, 2.45) is 0 Å². The van der Waals surface area contributed by atoms with Crippen molar-refractivity contribution >= 4 is 10.0 Å².